The van der Waals surface area contributed by atoms with Crippen LogP contribution in [0.25, 0.3) is 22.3 Å². The molecule has 2 aromatic heterocycles. The summed E-state index contributed by atoms with van der Waals surface area (Å²) in [6.07, 6.45) is 1.88. The quantitative estimate of drug-likeness (QED) is 0.219. The van der Waals surface area contributed by atoms with Crippen molar-refractivity contribution in [1.82, 2.24) is 24.5 Å². The number of benzene rings is 3. The average molecular weight is 525 g/mol. The van der Waals surface area contributed by atoms with E-state index in [-0.39, 0.29) is 5.56 Å². The van der Waals surface area contributed by atoms with Crippen molar-refractivity contribution in [3.63, 3.8) is 0 Å². The van der Waals surface area contributed by atoms with Gasteiger partial charge in [-0.1, -0.05) is 56.6 Å². The lowest BCUT2D eigenvalue weighted by Gasteiger charge is -2.13. The maximum Gasteiger partial charge on any atom is 0.266 e. The van der Waals surface area contributed by atoms with Crippen molar-refractivity contribution in [3.8, 4) is 11.4 Å². The van der Waals surface area contributed by atoms with Crippen LogP contribution in [0.2, 0.25) is 5.02 Å². The first-order valence-corrected chi connectivity index (χ1v) is 11.8. The molecule has 5 rings (SSSR count). The minimum Gasteiger partial charge on any atom is -0.268 e. The van der Waals surface area contributed by atoms with Gasteiger partial charge < -0.3 is 0 Å². The lowest BCUT2D eigenvalue weighted by atomic mass is 10.2. The Balaban J connectivity index is 1.50. The largest absolute Gasteiger partial charge is 0.268 e. The molecule has 0 unspecified atom stereocenters. The van der Waals surface area contributed by atoms with Crippen molar-refractivity contribution >= 4 is 50.2 Å². The van der Waals surface area contributed by atoms with Gasteiger partial charge in [0.2, 0.25) is 0 Å². The fourth-order valence-corrected chi connectivity index (χ4v) is 4.53. The normalized spacial score (nSPS) is 11.2. The summed E-state index contributed by atoms with van der Waals surface area (Å²) in [5.74, 6) is 0.509. The Morgan fingerprint density at radius 2 is 1.66 bits per heavy atom. The zero-order chi connectivity index (χ0) is 22.1. The number of rotatable bonds is 5. The van der Waals surface area contributed by atoms with Crippen molar-refractivity contribution in [1.29, 1.82) is 0 Å². The highest BCUT2D eigenvalue weighted by molar-refractivity contribution is 9.10. The third-order valence-electron chi connectivity index (χ3n) is 4.81. The van der Waals surface area contributed by atoms with Crippen LogP contribution in [0.3, 0.4) is 0 Å². The van der Waals surface area contributed by atoms with Gasteiger partial charge in [-0.05, 0) is 60.7 Å². The summed E-state index contributed by atoms with van der Waals surface area (Å²) in [5, 5.41) is 10.2. The standard InChI is InChI=1S/C23H15BrClN5OS/c24-15-5-9-18(10-6-15)29-13-17(27-28-29)14-32-23-26-21-4-2-1-3-20(21)22(31)30(23)19-11-7-16(25)8-12-19/h1-13H,14H2. The predicted octanol–water partition coefficient (Wildman–Crippen LogP) is 5.67. The Bertz CT molecular complexity index is 1470. The van der Waals surface area contributed by atoms with Gasteiger partial charge in [0.25, 0.3) is 5.56 Å². The topological polar surface area (TPSA) is 65.6 Å². The van der Waals surface area contributed by atoms with Gasteiger partial charge in [-0.2, -0.15) is 0 Å². The molecule has 0 amide bonds. The summed E-state index contributed by atoms with van der Waals surface area (Å²) < 4.78 is 4.34. The van der Waals surface area contributed by atoms with Crippen molar-refractivity contribution in [2.75, 3.05) is 0 Å². The zero-order valence-corrected chi connectivity index (χ0v) is 19.7. The van der Waals surface area contributed by atoms with Crippen molar-refractivity contribution in [2.45, 2.75) is 10.9 Å². The summed E-state index contributed by atoms with van der Waals surface area (Å²) in [5.41, 5.74) is 2.93. The first kappa shape index (κ1) is 20.9. The molecule has 0 aliphatic carbocycles. The van der Waals surface area contributed by atoms with Gasteiger partial charge in [0.05, 0.1) is 34.2 Å². The second-order valence-electron chi connectivity index (χ2n) is 6.95. The number of nitrogens with zero attached hydrogens (tertiary/aromatic N) is 5. The van der Waals surface area contributed by atoms with E-state index in [1.165, 1.54) is 11.8 Å². The summed E-state index contributed by atoms with van der Waals surface area (Å²) in [6.45, 7) is 0. The van der Waals surface area contributed by atoms with Crippen LogP contribution >= 0.6 is 39.3 Å². The molecule has 5 aromatic rings. The highest BCUT2D eigenvalue weighted by atomic mass is 79.9. The van der Waals surface area contributed by atoms with E-state index in [0.717, 1.165) is 15.9 Å². The van der Waals surface area contributed by atoms with Crippen LogP contribution in [0.15, 0.2) is 93.4 Å². The van der Waals surface area contributed by atoms with Crippen LogP contribution in [0.4, 0.5) is 0 Å². The average Bonchev–Trinajstić information content (AvgIpc) is 3.28. The highest BCUT2D eigenvalue weighted by Gasteiger charge is 2.14. The summed E-state index contributed by atoms with van der Waals surface area (Å²) in [4.78, 5) is 18.1. The molecule has 0 aliphatic rings. The number of hydrogen-bond acceptors (Lipinski definition) is 5. The minimum absolute atomic E-state index is 0.126. The predicted molar refractivity (Wildman–Crippen MR) is 131 cm³/mol. The minimum atomic E-state index is -0.126. The van der Waals surface area contributed by atoms with Crippen LogP contribution in [0, 0.1) is 0 Å². The first-order chi connectivity index (χ1) is 15.6. The number of aromatic nitrogens is 5. The van der Waals surface area contributed by atoms with Crippen LogP contribution in [-0.4, -0.2) is 24.5 Å². The van der Waals surface area contributed by atoms with Gasteiger partial charge in [0.15, 0.2) is 5.16 Å². The molecule has 0 saturated carbocycles. The molecule has 0 radical (unpaired) electrons. The van der Waals surface area contributed by atoms with Crippen molar-refractivity contribution in [2.24, 2.45) is 0 Å². The van der Waals surface area contributed by atoms with Crippen LogP contribution in [0.5, 0.6) is 0 Å². The fourth-order valence-electron chi connectivity index (χ4n) is 3.25. The first-order valence-electron chi connectivity index (χ1n) is 9.66. The molecule has 6 nitrogen and oxygen atoms in total. The Hall–Kier alpha value is -2.94. The van der Waals surface area contributed by atoms with Gasteiger partial charge in [-0.15, -0.1) is 5.10 Å². The van der Waals surface area contributed by atoms with E-state index in [1.807, 2.05) is 60.8 Å². The second-order valence-corrected chi connectivity index (χ2v) is 9.24. The SMILES string of the molecule is O=c1c2ccccc2nc(SCc2cn(-c3ccc(Br)cc3)nn2)n1-c1ccc(Cl)cc1. The Labute approximate surface area is 201 Å². The van der Waals surface area contributed by atoms with Crippen molar-refractivity contribution < 1.29 is 0 Å². The van der Waals surface area contributed by atoms with Crippen LogP contribution in [0.1, 0.15) is 5.69 Å². The highest BCUT2D eigenvalue weighted by Crippen LogP contribution is 2.25. The van der Waals surface area contributed by atoms with Crippen molar-refractivity contribution in [3.05, 3.63) is 105 Å². The number of para-hydroxylation sites is 1. The molecule has 0 bridgehead atoms. The maximum absolute atomic E-state index is 13.3. The molecular weight excluding hydrogens is 510 g/mol. The molecule has 0 atom stereocenters. The summed E-state index contributed by atoms with van der Waals surface area (Å²) in [6, 6.07) is 22.3. The van der Waals surface area contributed by atoms with E-state index in [1.54, 1.807) is 27.4 Å². The van der Waals surface area contributed by atoms with Gasteiger partial charge in [0, 0.05) is 15.2 Å². The molecule has 0 spiro atoms. The van der Waals surface area contributed by atoms with Gasteiger partial charge in [-0.3, -0.25) is 9.36 Å². The van der Waals surface area contributed by atoms with E-state index < -0.39 is 0 Å². The Morgan fingerprint density at radius 1 is 0.938 bits per heavy atom. The molecule has 0 aliphatic heterocycles. The smallest absolute Gasteiger partial charge is 0.266 e. The Morgan fingerprint density at radius 3 is 2.44 bits per heavy atom. The Kier molecular flexibility index (Phi) is 5.82. The molecule has 2 heterocycles. The fraction of sp³-hybridized carbons (Fsp3) is 0.0435. The van der Waals surface area contributed by atoms with Gasteiger partial charge in [-0.25, -0.2) is 9.67 Å². The lowest BCUT2D eigenvalue weighted by molar-refractivity contribution is 0.799. The number of halogens is 2. The summed E-state index contributed by atoms with van der Waals surface area (Å²) in [7, 11) is 0. The number of hydrogen-bond donors (Lipinski definition) is 0. The second kappa shape index (κ2) is 8.90. The number of fused-ring (bicyclic) bond motifs is 1. The molecule has 3 aromatic carbocycles. The molecular formula is C23H15BrClN5OS. The third kappa shape index (κ3) is 4.21. The molecule has 9 heteroatoms. The third-order valence-corrected chi connectivity index (χ3v) is 6.56. The van der Waals surface area contributed by atoms with Gasteiger partial charge >= 0.3 is 0 Å². The zero-order valence-electron chi connectivity index (χ0n) is 16.5. The molecule has 0 fully saturated rings. The monoisotopic (exact) mass is 523 g/mol. The van der Waals surface area contributed by atoms with E-state index >= 15 is 0 Å². The lowest BCUT2D eigenvalue weighted by Crippen LogP contribution is -2.21. The molecule has 0 N–H and O–H groups in total. The van der Waals surface area contributed by atoms with E-state index in [2.05, 4.69) is 26.2 Å². The van der Waals surface area contributed by atoms with Gasteiger partial charge in [0.1, 0.15) is 0 Å². The summed E-state index contributed by atoms with van der Waals surface area (Å²) >= 11 is 10.9. The van der Waals surface area contributed by atoms with Crippen LogP contribution in [-0.2, 0) is 5.75 Å². The van der Waals surface area contributed by atoms with E-state index in [4.69, 9.17) is 16.6 Å². The van der Waals surface area contributed by atoms with E-state index in [9.17, 15) is 4.79 Å². The molecule has 0 saturated heterocycles. The molecule has 32 heavy (non-hydrogen) atoms. The number of thioether (sulfide) groups is 1. The maximum atomic E-state index is 13.3. The van der Waals surface area contributed by atoms with E-state index in [0.29, 0.717) is 32.5 Å². The molecule has 158 valence electrons. The van der Waals surface area contributed by atoms with Crippen LogP contribution < -0.4 is 5.56 Å².